The summed E-state index contributed by atoms with van der Waals surface area (Å²) < 4.78 is 5.65. The SMILES string of the molecule is CC(CCN)C(=O)NCCOC1CCCC1. The van der Waals surface area contributed by atoms with Crippen LogP contribution >= 0.6 is 0 Å². The molecule has 1 amide bonds. The zero-order valence-corrected chi connectivity index (χ0v) is 10.2. The molecule has 3 N–H and O–H groups in total. The fraction of sp³-hybridized carbons (Fsp3) is 0.917. The molecule has 1 rings (SSSR count). The summed E-state index contributed by atoms with van der Waals surface area (Å²) in [5.74, 6) is 0.0944. The molecule has 0 aromatic heterocycles. The molecule has 1 aliphatic rings. The number of carbonyl (C=O) groups is 1. The topological polar surface area (TPSA) is 64.4 Å². The quantitative estimate of drug-likeness (QED) is 0.640. The van der Waals surface area contributed by atoms with Crippen LogP contribution in [0.1, 0.15) is 39.0 Å². The third-order valence-electron chi connectivity index (χ3n) is 3.10. The molecule has 1 atom stereocenters. The van der Waals surface area contributed by atoms with Gasteiger partial charge in [0, 0.05) is 12.5 Å². The number of rotatable bonds is 7. The molecular formula is C12H24N2O2. The van der Waals surface area contributed by atoms with Crippen LogP contribution in [-0.4, -0.2) is 31.7 Å². The van der Waals surface area contributed by atoms with Gasteiger partial charge in [-0.2, -0.15) is 0 Å². The summed E-state index contributed by atoms with van der Waals surface area (Å²) in [6.45, 7) is 3.71. The van der Waals surface area contributed by atoms with E-state index in [1.54, 1.807) is 0 Å². The van der Waals surface area contributed by atoms with Crippen LogP contribution in [0, 0.1) is 5.92 Å². The number of hydrogen-bond donors (Lipinski definition) is 2. The summed E-state index contributed by atoms with van der Waals surface area (Å²) in [5, 5.41) is 2.87. The van der Waals surface area contributed by atoms with E-state index in [9.17, 15) is 4.79 Å². The van der Waals surface area contributed by atoms with Crippen molar-refractivity contribution in [2.45, 2.75) is 45.1 Å². The van der Waals surface area contributed by atoms with Gasteiger partial charge in [0.2, 0.25) is 5.91 Å². The third kappa shape index (κ3) is 4.94. The molecule has 0 saturated heterocycles. The van der Waals surface area contributed by atoms with Crippen molar-refractivity contribution in [1.29, 1.82) is 0 Å². The predicted octanol–water partition coefficient (Wildman–Crippen LogP) is 1.05. The Balaban J connectivity index is 1.99. The van der Waals surface area contributed by atoms with Gasteiger partial charge < -0.3 is 15.8 Å². The minimum Gasteiger partial charge on any atom is -0.376 e. The highest BCUT2D eigenvalue weighted by Crippen LogP contribution is 2.20. The van der Waals surface area contributed by atoms with Gasteiger partial charge in [-0.05, 0) is 25.8 Å². The van der Waals surface area contributed by atoms with E-state index in [0.29, 0.717) is 25.8 Å². The van der Waals surface area contributed by atoms with Gasteiger partial charge in [-0.15, -0.1) is 0 Å². The Kier molecular flexibility index (Phi) is 6.42. The first-order chi connectivity index (χ1) is 7.74. The Morgan fingerprint density at radius 1 is 1.50 bits per heavy atom. The lowest BCUT2D eigenvalue weighted by atomic mass is 10.1. The van der Waals surface area contributed by atoms with Crippen LogP contribution in [0.2, 0.25) is 0 Å². The van der Waals surface area contributed by atoms with Crippen LogP contribution in [0.15, 0.2) is 0 Å². The van der Waals surface area contributed by atoms with Crippen molar-refractivity contribution in [2.75, 3.05) is 19.7 Å². The molecule has 0 heterocycles. The van der Waals surface area contributed by atoms with Crippen LogP contribution in [0.4, 0.5) is 0 Å². The Morgan fingerprint density at radius 2 is 2.19 bits per heavy atom. The van der Waals surface area contributed by atoms with Gasteiger partial charge in [0.25, 0.3) is 0 Å². The standard InChI is InChI=1S/C12H24N2O2/c1-10(6-7-13)12(15)14-8-9-16-11-4-2-3-5-11/h10-11H,2-9,13H2,1H3,(H,14,15). The molecule has 1 saturated carbocycles. The van der Waals surface area contributed by atoms with Crippen LogP contribution < -0.4 is 11.1 Å². The minimum absolute atomic E-state index is 0.0106. The van der Waals surface area contributed by atoms with Gasteiger partial charge in [0.15, 0.2) is 0 Å². The molecule has 0 spiro atoms. The minimum atomic E-state index is 0.0106. The van der Waals surface area contributed by atoms with E-state index in [-0.39, 0.29) is 11.8 Å². The number of nitrogens with one attached hydrogen (secondary N) is 1. The van der Waals surface area contributed by atoms with E-state index in [4.69, 9.17) is 10.5 Å². The van der Waals surface area contributed by atoms with Gasteiger partial charge >= 0.3 is 0 Å². The first-order valence-corrected chi connectivity index (χ1v) is 6.33. The normalized spacial score (nSPS) is 18.6. The summed E-state index contributed by atoms with van der Waals surface area (Å²) in [4.78, 5) is 11.5. The monoisotopic (exact) mass is 228 g/mol. The molecule has 94 valence electrons. The summed E-state index contributed by atoms with van der Waals surface area (Å²) in [6.07, 6.45) is 6.10. The zero-order valence-electron chi connectivity index (χ0n) is 10.2. The molecule has 16 heavy (non-hydrogen) atoms. The smallest absolute Gasteiger partial charge is 0.222 e. The van der Waals surface area contributed by atoms with Crippen LogP contribution in [0.3, 0.4) is 0 Å². The highest BCUT2D eigenvalue weighted by molar-refractivity contribution is 5.78. The average Bonchev–Trinajstić information content (AvgIpc) is 2.77. The molecule has 0 radical (unpaired) electrons. The van der Waals surface area contributed by atoms with Crippen LogP contribution in [0.25, 0.3) is 0 Å². The van der Waals surface area contributed by atoms with Crippen molar-refractivity contribution in [3.05, 3.63) is 0 Å². The Morgan fingerprint density at radius 3 is 2.81 bits per heavy atom. The van der Waals surface area contributed by atoms with E-state index in [2.05, 4.69) is 5.32 Å². The highest BCUT2D eigenvalue weighted by atomic mass is 16.5. The van der Waals surface area contributed by atoms with Crippen molar-refractivity contribution in [2.24, 2.45) is 11.7 Å². The largest absolute Gasteiger partial charge is 0.376 e. The second kappa shape index (κ2) is 7.63. The zero-order chi connectivity index (χ0) is 11.8. The molecule has 1 aliphatic carbocycles. The third-order valence-corrected chi connectivity index (χ3v) is 3.10. The average molecular weight is 228 g/mol. The molecule has 0 aromatic carbocycles. The van der Waals surface area contributed by atoms with Crippen molar-refractivity contribution in [1.82, 2.24) is 5.32 Å². The molecule has 1 unspecified atom stereocenters. The first-order valence-electron chi connectivity index (χ1n) is 6.33. The lowest BCUT2D eigenvalue weighted by Gasteiger charge is -2.13. The van der Waals surface area contributed by atoms with Crippen molar-refractivity contribution in [3.63, 3.8) is 0 Å². The Bertz CT molecular complexity index is 203. The molecule has 1 fully saturated rings. The van der Waals surface area contributed by atoms with Crippen molar-refractivity contribution in [3.8, 4) is 0 Å². The van der Waals surface area contributed by atoms with E-state index >= 15 is 0 Å². The molecular weight excluding hydrogens is 204 g/mol. The van der Waals surface area contributed by atoms with Crippen LogP contribution in [-0.2, 0) is 9.53 Å². The van der Waals surface area contributed by atoms with Gasteiger partial charge in [0.1, 0.15) is 0 Å². The Labute approximate surface area is 97.9 Å². The fourth-order valence-corrected chi connectivity index (χ4v) is 2.01. The van der Waals surface area contributed by atoms with E-state index in [1.807, 2.05) is 6.92 Å². The maximum atomic E-state index is 11.5. The van der Waals surface area contributed by atoms with Gasteiger partial charge in [0.05, 0.1) is 12.7 Å². The Hall–Kier alpha value is -0.610. The van der Waals surface area contributed by atoms with Crippen LogP contribution in [0.5, 0.6) is 0 Å². The summed E-state index contributed by atoms with van der Waals surface area (Å²) in [5.41, 5.74) is 5.40. The van der Waals surface area contributed by atoms with E-state index in [1.165, 1.54) is 25.7 Å². The van der Waals surface area contributed by atoms with Gasteiger partial charge in [-0.25, -0.2) is 0 Å². The summed E-state index contributed by atoms with van der Waals surface area (Å²) in [7, 11) is 0. The first kappa shape index (κ1) is 13.5. The predicted molar refractivity (Wildman–Crippen MR) is 64.1 cm³/mol. The molecule has 0 aliphatic heterocycles. The summed E-state index contributed by atoms with van der Waals surface area (Å²) in [6, 6.07) is 0. The maximum Gasteiger partial charge on any atom is 0.222 e. The number of hydrogen-bond acceptors (Lipinski definition) is 3. The van der Waals surface area contributed by atoms with Gasteiger partial charge in [-0.1, -0.05) is 19.8 Å². The summed E-state index contributed by atoms with van der Waals surface area (Å²) >= 11 is 0. The second-order valence-electron chi connectivity index (χ2n) is 4.55. The number of amides is 1. The molecule has 4 nitrogen and oxygen atoms in total. The molecule has 4 heteroatoms. The van der Waals surface area contributed by atoms with Gasteiger partial charge in [-0.3, -0.25) is 4.79 Å². The lowest BCUT2D eigenvalue weighted by molar-refractivity contribution is -0.124. The molecule has 0 aromatic rings. The lowest BCUT2D eigenvalue weighted by Crippen LogP contribution is -2.33. The fourth-order valence-electron chi connectivity index (χ4n) is 2.01. The maximum absolute atomic E-state index is 11.5. The van der Waals surface area contributed by atoms with E-state index in [0.717, 1.165) is 6.42 Å². The molecule has 0 bridgehead atoms. The number of carbonyl (C=O) groups excluding carboxylic acids is 1. The second-order valence-corrected chi connectivity index (χ2v) is 4.55. The number of nitrogens with two attached hydrogens (primary N) is 1. The van der Waals surface area contributed by atoms with E-state index < -0.39 is 0 Å². The number of ether oxygens (including phenoxy) is 1. The van der Waals surface area contributed by atoms with Crippen molar-refractivity contribution < 1.29 is 9.53 Å². The highest BCUT2D eigenvalue weighted by Gasteiger charge is 2.15. The van der Waals surface area contributed by atoms with Crippen molar-refractivity contribution >= 4 is 5.91 Å².